The lowest BCUT2D eigenvalue weighted by atomic mass is 10.3. The highest BCUT2D eigenvalue weighted by Gasteiger charge is 2.10. The van der Waals surface area contributed by atoms with E-state index >= 15 is 0 Å². The summed E-state index contributed by atoms with van der Waals surface area (Å²) < 4.78 is 23.5. The lowest BCUT2D eigenvalue weighted by molar-refractivity contribution is 0.0468. The summed E-state index contributed by atoms with van der Waals surface area (Å²) in [4.78, 5) is 20.1. The van der Waals surface area contributed by atoms with Crippen LogP contribution in [-0.2, 0) is 18.0 Å². The zero-order chi connectivity index (χ0) is 17.6. The minimum Gasteiger partial charge on any atom is -0.486 e. The van der Waals surface area contributed by atoms with Gasteiger partial charge in [0.15, 0.2) is 0 Å². The summed E-state index contributed by atoms with van der Waals surface area (Å²) in [5, 5.41) is 2.74. The van der Waals surface area contributed by atoms with Gasteiger partial charge in [0.1, 0.15) is 34.9 Å². The number of carbonyl (C=O) groups excluding carboxylic acids is 1. The van der Waals surface area contributed by atoms with Gasteiger partial charge < -0.3 is 9.47 Å². The molecule has 0 aliphatic heterocycles. The second-order valence-electron chi connectivity index (χ2n) is 4.92. The van der Waals surface area contributed by atoms with Crippen LogP contribution in [0.1, 0.15) is 21.1 Å². The number of thiazole rings is 1. The van der Waals surface area contributed by atoms with Crippen molar-refractivity contribution in [1.29, 1.82) is 0 Å². The van der Waals surface area contributed by atoms with Crippen molar-refractivity contribution < 1.29 is 18.7 Å². The van der Waals surface area contributed by atoms with Crippen LogP contribution in [0, 0.1) is 5.82 Å². The smallest absolute Gasteiger partial charge is 0.338 e. The molecule has 8 heteroatoms. The molecule has 0 aliphatic carbocycles. The second-order valence-corrected chi connectivity index (χ2v) is 6.25. The van der Waals surface area contributed by atoms with Gasteiger partial charge in [-0.05, 0) is 36.4 Å². The van der Waals surface area contributed by atoms with Crippen LogP contribution in [0.2, 0.25) is 5.15 Å². The first kappa shape index (κ1) is 17.3. The van der Waals surface area contributed by atoms with Gasteiger partial charge >= 0.3 is 5.97 Å². The Morgan fingerprint density at radius 2 is 2.00 bits per heavy atom. The third kappa shape index (κ3) is 4.98. The standard InChI is InChI=1S/C17H12ClFN2O3S/c18-15-7-11(5-6-20-15)17(22)24-8-13-10-25-16(21-13)9-23-14-3-1-12(19)2-4-14/h1-7,10H,8-9H2. The molecule has 0 fully saturated rings. The van der Waals surface area contributed by atoms with Crippen molar-refractivity contribution in [3.63, 3.8) is 0 Å². The van der Waals surface area contributed by atoms with Crippen LogP contribution in [0.15, 0.2) is 48.0 Å². The van der Waals surface area contributed by atoms with E-state index in [1.807, 2.05) is 0 Å². The zero-order valence-electron chi connectivity index (χ0n) is 12.8. The molecule has 0 atom stereocenters. The van der Waals surface area contributed by atoms with E-state index in [1.165, 1.54) is 41.8 Å². The van der Waals surface area contributed by atoms with Gasteiger partial charge in [-0.15, -0.1) is 11.3 Å². The van der Waals surface area contributed by atoms with Crippen LogP contribution >= 0.6 is 22.9 Å². The van der Waals surface area contributed by atoms with E-state index in [2.05, 4.69) is 9.97 Å². The van der Waals surface area contributed by atoms with Crippen LogP contribution in [-0.4, -0.2) is 15.9 Å². The first-order valence-electron chi connectivity index (χ1n) is 7.20. The summed E-state index contributed by atoms with van der Waals surface area (Å²) in [6.07, 6.45) is 1.44. The Bertz CT molecular complexity index is 870. The summed E-state index contributed by atoms with van der Waals surface area (Å²) in [6.45, 7) is 0.302. The fraction of sp³-hybridized carbons (Fsp3) is 0.118. The van der Waals surface area contributed by atoms with Crippen molar-refractivity contribution in [3.8, 4) is 5.75 Å². The molecule has 25 heavy (non-hydrogen) atoms. The quantitative estimate of drug-likeness (QED) is 0.473. The average Bonchev–Trinajstić information content (AvgIpc) is 3.07. The predicted octanol–water partition coefficient (Wildman–Crippen LogP) is 4.27. The van der Waals surface area contributed by atoms with E-state index in [0.29, 0.717) is 17.0 Å². The Morgan fingerprint density at radius 1 is 1.20 bits per heavy atom. The van der Waals surface area contributed by atoms with Crippen LogP contribution in [0.25, 0.3) is 0 Å². The van der Waals surface area contributed by atoms with Gasteiger partial charge in [-0.25, -0.2) is 19.2 Å². The zero-order valence-corrected chi connectivity index (χ0v) is 14.4. The maximum absolute atomic E-state index is 12.8. The number of aromatic nitrogens is 2. The van der Waals surface area contributed by atoms with Crippen molar-refractivity contribution in [1.82, 2.24) is 9.97 Å². The molecule has 0 saturated carbocycles. The summed E-state index contributed by atoms with van der Waals surface area (Å²) >= 11 is 7.13. The van der Waals surface area contributed by atoms with Crippen LogP contribution in [0.5, 0.6) is 5.75 Å². The highest BCUT2D eigenvalue weighted by molar-refractivity contribution is 7.09. The van der Waals surface area contributed by atoms with Gasteiger partial charge in [-0.3, -0.25) is 0 Å². The highest BCUT2D eigenvalue weighted by atomic mass is 35.5. The van der Waals surface area contributed by atoms with E-state index in [1.54, 1.807) is 17.5 Å². The number of rotatable bonds is 6. The average molecular weight is 379 g/mol. The van der Waals surface area contributed by atoms with Crippen LogP contribution in [0.3, 0.4) is 0 Å². The lowest BCUT2D eigenvalue weighted by Gasteiger charge is -2.04. The largest absolute Gasteiger partial charge is 0.486 e. The van der Waals surface area contributed by atoms with E-state index in [9.17, 15) is 9.18 Å². The van der Waals surface area contributed by atoms with Gasteiger partial charge in [0.05, 0.1) is 11.3 Å². The number of ether oxygens (including phenoxy) is 2. The molecule has 0 unspecified atom stereocenters. The minimum atomic E-state index is -0.499. The molecule has 0 amide bonds. The number of hydrogen-bond donors (Lipinski definition) is 0. The number of hydrogen-bond acceptors (Lipinski definition) is 6. The summed E-state index contributed by atoms with van der Waals surface area (Å²) in [6, 6.07) is 8.71. The van der Waals surface area contributed by atoms with E-state index < -0.39 is 5.97 Å². The Hall–Kier alpha value is -2.51. The topological polar surface area (TPSA) is 61.3 Å². The monoisotopic (exact) mass is 378 g/mol. The number of carbonyl (C=O) groups is 1. The van der Waals surface area contributed by atoms with Crippen molar-refractivity contribution >= 4 is 28.9 Å². The molecule has 3 aromatic rings. The molecular weight excluding hydrogens is 367 g/mol. The molecule has 1 aromatic carbocycles. The van der Waals surface area contributed by atoms with Gasteiger partial charge in [0, 0.05) is 11.6 Å². The Morgan fingerprint density at radius 3 is 2.76 bits per heavy atom. The Kier molecular flexibility index (Phi) is 5.57. The molecule has 2 aromatic heterocycles. The number of esters is 1. The molecule has 3 rings (SSSR count). The van der Waals surface area contributed by atoms with Crippen LogP contribution < -0.4 is 4.74 Å². The SMILES string of the molecule is O=C(OCc1csc(COc2ccc(F)cc2)n1)c1ccnc(Cl)c1. The molecule has 0 bridgehead atoms. The molecular formula is C17H12ClFN2O3S. The molecule has 5 nitrogen and oxygen atoms in total. The predicted molar refractivity (Wildman–Crippen MR) is 91.2 cm³/mol. The Labute approximate surface area is 152 Å². The first-order valence-corrected chi connectivity index (χ1v) is 8.46. The fourth-order valence-corrected chi connectivity index (χ4v) is 2.77. The second kappa shape index (κ2) is 8.04. The normalized spacial score (nSPS) is 10.5. The van der Waals surface area contributed by atoms with Gasteiger partial charge in [-0.2, -0.15) is 0 Å². The minimum absolute atomic E-state index is 0.0474. The maximum Gasteiger partial charge on any atom is 0.338 e. The van der Waals surface area contributed by atoms with Gasteiger partial charge in [-0.1, -0.05) is 11.6 Å². The molecule has 0 saturated heterocycles. The number of benzene rings is 1. The third-order valence-electron chi connectivity index (χ3n) is 3.09. The number of nitrogens with zero attached hydrogens (tertiary/aromatic N) is 2. The van der Waals surface area contributed by atoms with Crippen molar-refractivity contribution in [2.45, 2.75) is 13.2 Å². The summed E-state index contributed by atoms with van der Waals surface area (Å²) in [5.41, 5.74) is 0.950. The first-order chi connectivity index (χ1) is 12.1. The molecule has 128 valence electrons. The van der Waals surface area contributed by atoms with Crippen molar-refractivity contribution in [2.24, 2.45) is 0 Å². The van der Waals surface area contributed by atoms with Crippen LogP contribution in [0.4, 0.5) is 4.39 Å². The van der Waals surface area contributed by atoms with Gasteiger partial charge in [0.2, 0.25) is 0 Å². The number of halogens is 2. The molecule has 0 aliphatic rings. The molecule has 2 heterocycles. The summed E-state index contributed by atoms with van der Waals surface area (Å²) in [5.74, 6) is -0.262. The molecule has 0 N–H and O–H groups in total. The third-order valence-corrected chi connectivity index (χ3v) is 4.17. The Balaban J connectivity index is 1.51. The molecule has 0 radical (unpaired) electrons. The molecule has 0 spiro atoms. The fourth-order valence-electron chi connectivity index (χ4n) is 1.91. The van der Waals surface area contributed by atoms with Gasteiger partial charge in [0.25, 0.3) is 0 Å². The number of pyridine rings is 1. The van der Waals surface area contributed by atoms with E-state index in [4.69, 9.17) is 21.1 Å². The highest BCUT2D eigenvalue weighted by Crippen LogP contribution is 2.17. The van der Waals surface area contributed by atoms with E-state index in [-0.39, 0.29) is 24.2 Å². The van der Waals surface area contributed by atoms with Crippen molar-refractivity contribution in [3.05, 3.63) is 75.2 Å². The van der Waals surface area contributed by atoms with Crippen molar-refractivity contribution in [2.75, 3.05) is 0 Å². The maximum atomic E-state index is 12.8. The lowest BCUT2D eigenvalue weighted by Crippen LogP contribution is -2.06. The van der Waals surface area contributed by atoms with E-state index in [0.717, 1.165) is 5.01 Å². The summed E-state index contributed by atoms with van der Waals surface area (Å²) in [7, 11) is 0.